The lowest BCUT2D eigenvalue weighted by Gasteiger charge is -2.02. The molecule has 0 atom stereocenters. The molecule has 1 heterocycles. The van der Waals surface area contributed by atoms with Crippen LogP contribution < -0.4 is 10.5 Å². The molecule has 0 aliphatic rings. The van der Waals surface area contributed by atoms with Crippen molar-refractivity contribution in [2.75, 3.05) is 0 Å². The topological polar surface area (TPSA) is 87.8 Å². The number of nitrogens with zero attached hydrogens (tertiary/aromatic N) is 1. The number of rotatable bonds is 4. The van der Waals surface area contributed by atoms with Crippen molar-refractivity contribution in [2.24, 2.45) is 5.73 Å². The van der Waals surface area contributed by atoms with Crippen LogP contribution in [0.1, 0.15) is 11.4 Å². The highest BCUT2D eigenvalue weighted by Gasteiger charge is 2.05. The number of para-hydroxylation sites is 1. The first kappa shape index (κ1) is 12.2. The third-order valence-corrected chi connectivity index (χ3v) is 2.96. The molecule has 5 heteroatoms. The number of amidine groups is 1. The molecule has 0 radical (unpaired) electrons. The molecular weight excluding hydrogens is 252 g/mol. The molecule has 20 heavy (non-hydrogen) atoms. The number of H-pyrrole nitrogens is 1. The van der Waals surface area contributed by atoms with Gasteiger partial charge >= 0.3 is 0 Å². The van der Waals surface area contributed by atoms with Crippen LogP contribution in [0.25, 0.3) is 11.0 Å². The molecule has 0 amide bonds. The predicted molar refractivity (Wildman–Crippen MR) is 77.9 cm³/mol. The van der Waals surface area contributed by atoms with Gasteiger partial charge in [0.2, 0.25) is 0 Å². The minimum Gasteiger partial charge on any atom is -0.486 e. The molecule has 3 rings (SSSR count). The van der Waals surface area contributed by atoms with E-state index in [-0.39, 0.29) is 5.84 Å². The van der Waals surface area contributed by atoms with Gasteiger partial charge in [-0.1, -0.05) is 18.2 Å². The molecule has 0 fully saturated rings. The summed E-state index contributed by atoms with van der Waals surface area (Å²) >= 11 is 0. The van der Waals surface area contributed by atoms with Crippen molar-refractivity contribution in [1.82, 2.24) is 9.97 Å². The van der Waals surface area contributed by atoms with Crippen LogP contribution in [-0.2, 0) is 6.61 Å². The first-order chi connectivity index (χ1) is 9.72. The summed E-state index contributed by atoms with van der Waals surface area (Å²) in [5.41, 5.74) is 7.83. The zero-order valence-electron chi connectivity index (χ0n) is 10.8. The summed E-state index contributed by atoms with van der Waals surface area (Å²) in [6, 6.07) is 15.0. The lowest BCUT2D eigenvalue weighted by Crippen LogP contribution is -2.10. The SMILES string of the molecule is N=C(N)c1ccc2nc(COc3ccccc3)[nH]c2c1. The molecule has 3 aromatic rings. The lowest BCUT2D eigenvalue weighted by atomic mass is 10.2. The largest absolute Gasteiger partial charge is 0.486 e. The van der Waals surface area contributed by atoms with Crippen molar-refractivity contribution < 1.29 is 4.74 Å². The van der Waals surface area contributed by atoms with Crippen LogP contribution >= 0.6 is 0 Å². The Bertz CT molecular complexity index is 749. The van der Waals surface area contributed by atoms with Gasteiger partial charge in [0.25, 0.3) is 0 Å². The van der Waals surface area contributed by atoms with Crippen LogP contribution in [-0.4, -0.2) is 15.8 Å². The van der Waals surface area contributed by atoms with Gasteiger partial charge in [0, 0.05) is 5.56 Å². The third kappa shape index (κ3) is 2.47. The number of hydrogen-bond acceptors (Lipinski definition) is 3. The van der Waals surface area contributed by atoms with Crippen LogP contribution in [0.2, 0.25) is 0 Å². The summed E-state index contributed by atoms with van der Waals surface area (Å²) in [6.07, 6.45) is 0. The predicted octanol–water partition coefficient (Wildman–Crippen LogP) is 2.43. The molecule has 0 unspecified atom stereocenters. The van der Waals surface area contributed by atoms with Gasteiger partial charge in [-0.3, -0.25) is 5.41 Å². The van der Waals surface area contributed by atoms with Crippen molar-refractivity contribution in [3.05, 3.63) is 59.9 Å². The number of fused-ring (bicyclic) bond motifs is 1. The molecule has 0 spiro atoms. The number of nitrogen functional groups attached to an aromatic ring is 1. The van der Waals surface area contributed by atoms with E-state index in [9.17, 15) is 0 Å². The number of ether oxygens (including phenoxy) is 1. The number of hydrogen-bond donors (Lipinski definition) is 3. The van der Waals surface area contributed by atoms with E-state index in [4.69, 9.17) is 15.9 Å². The average molecular weight is 266 g/mol. The van der Waals surface area contributed by atoms with E-state index in [2.05, 4.69) is 9.97 Å². The van der Waals surface area contributed by atoms with Gasteiger partial charge in [0.1, 0.15) is 24.0 Å². The Hall–Kier alpha value is -2.82. The number of aromatic amines is 1. The molecule has 5 nitrogen and oxygen atoms in total. The number of benzene rings is 2. The summed E-state index contributed by atoms with van der Waals surface area (Å²) in [6.45, 7) is 0.369. The Morgan fingerprint density at radius 1 is 1.20 bits per heavy atom. The van der Waals surface area contributed by atoms with Crippen LogP contribution in [0.4, 0.5) is 0 Å². The van der Waals surface area contributed by atoms with Gasteiger partial charge in [-0.15, -0.1) is 0 Å². The molecule has 0 saturated heterocycles. The summed E-state index contributed by atoms with van der Waals surface area (Å²) in [5, 5.41) is 7.43. The fraction of sp³-hybridized carbons (Fsp3) is 0.0667. The van der Waals surface area contributed by atoms with Crippen molar-refractivity contribution in [2.45, 2.75) is 6.61 Å². The number of aromatic nitrogens is 2. The first-order valence-electron chi connectivity index (χ1n) is 6.23. The smallest absolute Gasteiger partial charge is 0.146 e. The van der Waals surface area contributed by atoms with E-state index < -0.39 is 0 Å². The molecule has 2 aromatic carbocycles. The normalized spacial score (nSPS) is 10.6. The zero-order chi connectivity index (χ0) is 13.9. The van der Waals surface area contributed by atoms with Gasteiger partial charge in [-0.05, 0) is 30.3 Å². The second kappa shape index (κ2) is 5.05. The highest BCUT2D eigenvalue weighted by molar-refractivity contribution is 5.97. The molecule has 0 aliphatic carbocycles. The van der Waals surface area contributed by atoms with Crippen LogP contribution in [0.5, 0.6) is 5.75 Å². The highest BCUT2D eigenvalue weighted by Crippen LogP contribution is 2.15. The third-order valence-electron chi connectivity index (χ3n) is 2.96. The molecule has 1 aromatic heterocycles. The van der Waals surface area contributed by atoms with E-state index in [1.54, 1.807) is 6.07 Å². The fourth-order valence-corrected chi connectivity index (χ4v) is 1.97. The Balaban J connectivity index is 1.80. The Kier molecular flexibility index (Phi) is 3.09. The van der Waals surface area contributed by atoms with E-state index in [0.29, 0.717) is 12.2 Å². The maximum atomic E-state index is 7.43. The monoisotopic (exact) mass is 266 g/mol. The van der Waals surface area contributed by atoms with Gasteiger partial charge in [-0.25, -0.2) is 4.98 Å². The maximum absolute atomic E-state index is 7.43. The summed E-state index contributed by atoms with van der Waals surface area (Å²) in [7, 11) is 0. The van der Waals surface area contributed by atoms with Gasteiger partial charge in [0.05, 0.1) is 11.0 Å². The van der Waals surface area contributed by atoms with Gasteiger partial charge in [-0.2, -0.15) is 0 Å². The number of imidazole rings is 1. The molecule has 100 valence electrons. The molecular formula is C15H14N4O. The number of nitrogens with two attached hydrogens (primary N) is 1. The highest BCUT2D eigenvalue weighted by atomic mass is 16.5. The van der Waals surface area contributed by atoms with Crippen molar-refractivity contribution in [3.63, 3.8) is 0 Å². The first-order valence-corrected chi connectivity index (χ1v) is 6.23. The lowest BCUT2D eigenvalue weighted by molar-refractivity contribution is 0.297. The molecule has 4 N–H and O–H groups in total. The van der Waals surface area contributed by atoms with Crippen LogP contribution in [0.15, 0.2) is 48.5 Å². The Morgan fingerprint density at radius 3 is 2.75 bits per heavy atom. The van der Waals surface area contributed by atoms with Crippen molar-refractivity contribution in [1.29, 1.82) is 5.41 Å². The minimum atomic E-state index is 0.0450. The van der Waals surface area contributed by atoms with Crippen molar-refractivity contribution in [3.8, 4) is 5.75 Å². The maximum Gasteiger partial charge on any atom is 0.146 e. The molecule has 0 saturated carbocycles. The standard InChI is InChI=1S/C15H14N4O/c16-15(17)10-6-7-12-13(8-10)19-14(18-12)9-20-11-4-2-1-3-5-11/h1-8H,9H2,(H3,16,17)(H,18,19). The molecule has 0 aliphatic heterocycles. The zero-order valence-corrected chi connectivity index (χ0v) is 10.8. The second-order valence-electron chi connectivity index (χ2n) is 4.43. The Labute approximate surface area is 115 Å². The van der Waals surface area contributed by atoms with Crippen LogP contribution in [0, 0.1) is 5.41 Å². The van der Waals surface area contributed by atoms with Crippen molar-refractivity contribution >= 4 is 16.9 Å². The summed E-state index contributed by atoms with van der Waals surface area (Å²) < 4.78 is 5.64. The average Bonchev–Trinajstić information content (AvgIpc) is 2.88. The fourth-order valence-electron chi connectivity index (χ4n) is 1.97. The molecule has 0 bridgehead atoms. The van der Waals surface area contributed by atoms with Crippen LogP contribution in [0.3, 0.4) is 0 Å². The van der Waals surface area contributed by atoms with E-state index >= 15 is 0 Å². The van der Waals surface area contributed by atoms with Gasteiger partial charge in [0.15, 0.2) is 0 Å². The second-order valence-corrected chi connectivity index (χ2v) is 4.43. The van der Waals surface area contributed by atoms with E-state index in [0.717, 1.165) is 22.6 Å². The van der Waals surface area contributed by atoms with E-state index in [1.165, 1.54) is 0 Å². The number of nitrogens with one attached hydrogen (secondary N) is 2. The van der Waals surface area contributed by atoms with Gasteiger partial charge < -0.3 is 15.5 Å². The summed E-state index contributed by atoms with van der Waals surface area (Å²) in [4.78, 5) is 7.61. The quantitative estimate of drug-likeness (QED) is 0.500. The minimum absolute atomic E-state index is 0.0450. The summed E-state index contributed by atoms with van der Waals surface area (Å²) in [5.74, 6) is 1.59. The Morgan fingerprint density at radius 2 is 2.00 bits per heavy atom. The van der Waals surface area contributed by atoms with E-state index in [1.807, 2.05) is 42.5 Å².